The Morgan fingerprint density at radius 1 is 1.39 bits per heavy atom. The molecule has 7 heteroatoms. The molecule has 124 valence electrons. The first-order valence-corrected chi connectivity index (χ1v) is 9.00. The number of carbonyl (C=O) groups is 1. The molecule has 2 aromatic rings. The Morgan fingerprint density at radius 3 is 2.74 bits per heavy atom. The number of rotatable bonds is 4. The third-order valence-corrected chi connectivity index (χ3v) is 5.12. The van der Waals surface area contributed by atoms with E-state index in [9.17, 15) is 4.79 Å². The molecule has 0 aliphatic carbocycles. The van der Waals surface area contributed by atoms with Crippen molar-refractivity contribution >= 4 is 17.2 Å². The Labute approximate surface area is 140 Å². The maximum Gasteiger partial charge on any atom is 0.273 e. The summed E-state index contributed by atoms with van der Waals surface area (Å²) >= 11 is 1.59. The summed E-state index contributed by atoms with van der Waals surface area (Å²) in [5.74, 6) is 2.03. The Balaban J connectivity index is 1.60. The fourth-order valence-electron chi connectivity index (χ4n) is 3.02. The first kappa shape index (κ1) is 16.1. The van der Waals surface area contributed by atoms with Crippen LogP contribution in [0.25, 0.3) is 0 Å². The number of likely N-dealkylation sites (tertiary alicyclic amines) is 1. The monoisotopic (exact) mass is 333 g/mol. The van der Waals surface area contributed by atoms with Crippen LogP contribution in [0.2, 0.25) is 0 Å². The van der Waals surface area contributed by atoms with Gasteiger partial charge < -0.3 is 9.47 Å². The summed E-state index contributed by atoms with van der Waals surface area (Å²) in [4.78, 5) is 19.0. The summed E-state index contributed by atoms with van der Waals surface area (Å²) < 4.78 is 1.97. The second-order valence-corrected chi connectivity index (χ2v) is 7.53. The van der Waals surface area contributed by atoms with Gasteiger partial charge in [0.2, 0.25) is 0 Å². The van der Waals surface area contributed by atoms with E-state index in [1.54, 1.807) is 17.7 Å². The van der Waals surface area contributed by atoms with E-state index in [1.165, 1.54) is 0 Å². The van der Waals surface area contributed by atoms with Gasteiger partial charge in [-0.15, -0.1) is 21.5 Å². The van der Waals surface area contributed by atoms with Crippen LogP contribution in [-0.2, 0) is 13.5 Å². The first-order chi connectivity index (χ1) is 11.0. The molecule has 1 aliphatic heterocycles. The first-order valence-electron chi connectivity index (χ1n) is 8.12. The number of hydrogen-bond acceptors (Lipinski definition) is 5. The maximum absolute atomic E-state index is 12.6. The second kappa shape index (κ2) is 6.78. The van der Waals surface area contributed by atoms with E-state index in [0.717, 1.165) is 43.2 Å². The fraction of sp³-hybridized carbons (Fsp3) is 0.625. The van der Waals surface area contributed by atoms with Gasteiger partial charge in [-0.3, -0.25) is 4.79 Å². The molecular weight excluding hydrogens is 310 g/mol. The average Bonchev–Trinajstić information content (AvgIpc) is 3.15. The topological polar surface area (TPSA) is 63.9 Å². The summed E-state index contributed by atoms with van der Waals surface area (Å²) in [6.07, 6.45) is 4.53. The lowest BCUT2D eigenvalue weighted by atomic mass is 9.96. The molecule has 0 radical (unpaired) electrons. The molecule has 23 heavy (non-hydrogen) atoms. The highest BCUT2D eigenvalue weighted by molar-refractivity contribution is 7.09. The maximum atomic E-state index is 12.6. The quantitative estimate of drug-likeness (QED) is 0.862. The van der Waals surface area contributed by atoms with E-state index in [0.29, 0.717) is 17.5 Å². The van der Waals surface area contributed by atoms with Crippen LogP contribution in [0.5, 0.6) is 0 Å². The third kappa shape index (κ3) is 3.60. The lowest BCUT2D eigenvalue weighted by Gasteiger charge is -2.31. The summed E-state index contributed by atoms with van der Waals surface area (Å²) in [5.41, 5.74) is 0.600. The normalized spacial score (nSPS) is 16.3. The zero-order chi connectivity index (χ0) is 16.4. The predicted molar refractivity (Wildman–Crippen MR) is 89.5 cm³/mol. The zero-order valence-electron chi connectivity index (χ0n) is 13.9. The van der Waals surface area contributed by atoms with E-state index in [-0.39, 0.29) is 5.91 Å². The van der Waals surface area contributed by atoms with Crippen LogP contribution in [-0.4, -0.2) is 43.6 Å². The van der Waals surface area contributed by atoms with Gasteiger partial charge in [0.1, 0.15) is 17.8 Å². The molecule has 1 saturated heterocycles. The van der Waals surface area contributed by atoms with Crippen LogP contribution >= 0.6 is 11.3 Å². The van der Waals surface area contributed by atoms with Crippen molar-refractivity contribution in [3.8, 4) is 0 Å². The van der Waals surface area contributed by atoms with Crippen LogP contribution in [0, 0.1) is 5.92 Å². The molecule has 1 aliphatic rings. The highest BCUT2D eigenvalue weighted by atomic mass is 32.1. The van der Waals surface area contributed by atoms with Gasteiger partial charge in [0.15, 0.2) is 0 Å². The standard InChI is InChI=1S/C16H23N5OS/c1-11(2)8-14-18-13(9-23-14)16(22)21-6-4-12(5-7-21)15-19-17-10-20(15)3/h9-12H,4-8H2,1-3H3. The number of carbonyl (C=O) groups excluding carboxylic acids is 1. The molecule has 0 bridgehead atoms. The highest BCUT2D eigenvalue weighted by Crippen LogP contribution is 2.27. The van der Waals surface area contributed by atoms with E-state index in [1.807, 2.05) is 21.9 Å². The van der Waals surface area contributed by atoms with Crippen molar-refractivity contribution in [3.05, 3.63) is 28.2 Å². The van der Waals surface area contributed by atoms with Crippen molar-refractivity contribution in [2.45, 2.75) is 39.0 Å². The molecule has 1 amide bonds. The molecule has 0 unspecified atom stereocenters. The van der Waals surface area contributed by atoms with E-state index < -0.39 is 0 Å². The van der Waals surface area contributed by atoms with Crippen molar-refractivity contribution in [1.82, 2.24) is 24.6 Å². The summed E-state index contributed by atoms with van der Waals surface area (Å²) in [6.45, 7) is 5.85. The van der Waals surface area contributed by atoms with Crippen LogP contribution in [0.15, 0.2) is 11.7 Å². The Bertz CT molecular complexity index is 670. The number of thiazole rings is 1. The van der Waals surface area contributed by atoms with E-state index in [4.69, 9.17) is 0 Å². The summed E-state index contributed by atoms with van der Waals surface area (Å²) in [5, 5.41) is 11.1. The third-order valence-electron chi connectivity index (χ3n) is 4.25. The number of hydrogen-bond donors (Lipinski definition) is 0. The van der Waals surface area contributed by atoms with E-state index >= 15 is 0 Å². The molecule has 3 heterocycles. The Kier molecular flexibility index (Phi) is 4.75. The van der Waals surface area contributed by atoms with Gasteiger partial charge in [0.05, 0.1) is 5.01 Å². The molecular formula is C16H23N5OS. The van der Waals surface area contributed by atoms with Crippen LogP contribution in [0.4, 0.5) is 0 Å². The molecule has 0 spiro atoms. The van der Waals surface area contributed by atoms with Crippen LogP contribution in [0.1, 0.15) is 53.9 Å². The SMILES string of the molecule is CC(C)Cc1nc(C(=O)N2CCC(c3nncn3C)CC2)cs1. The van der Waals surface area contributed by atoms with Gasteiger partial charge in [-0.05, 0) is 18.8 Å². The van der Waals surface area contributed by atoms with Gasteiger partial charge in [-0.25, -0.2) is 4.98 Å². The predicted octanol–water partition coefficient (Wildman–Crippen LogP) is 2.49. The molecule has 0 aromatic carbocycles. The number of piperidine rings is 1. The van der Waals surface area contributed by atoms with E-state index in [2.05, 4.69) is 29.0 Å². The van der Waals surface area contributed by atoms with Crippen LogP contribution < -0.4 is 0 Å². The Hall–Kier alpha value is -1.76. The molecule has 0 saturated carbocycles. The highest BCUT2D eigenvalue weighted by Gasteiger charge is 2.27. The van der Waals surface area contributed by atoms with Crippen molar-refractivity contribution in [2.24, 2.45) is 13.0 Å². The zero-order valence-corrected chi connectivity index (χ0v) is 14.7. The van der Waals surface area contributed by atoms with Gasteiger partial charge in [-0.1, -0.05) is 13.8 Å². The summed E-state index contributed by atoms with van der Waals surface area (Å²) in [6, 6.07) is 0. The Morgan fingerprint density at radius 2 is 2.13 bits per heavy atom. The molecule has 3 rings (SSSR count). The van der Waals surface area contributed by atoms with Gasteiger partial charge >= 0.3 is 0 Å². The minimum atomic E-state index is 0.0627. The van der Waals surface area contributed by atoms with Crippen molar-refractivity contribution in [1.29, 1.82) is 0 Å². The number of aryl methyl sites for hydroxylation is 1. The van der Waals surface area contributed by atoms with Gasteiger partial charge in [-0.2, -0.15) is 0 Å². The average molecular weight is 333 g/mol. The second-order valence-electron chi connectivity index (χ2n) is 6.59. The number of amides is 1. The number of nitrogens with zero attached hydrogens (tertiary/aromatic N) is 5. The van der Waals surface area contributed by atoms with Crippen LogP contribution in [0.3, 0.4) is 0 Å². The molecule has 2 aromatic heterocycles. The minimum absolute atomic E-state index is 0.0627. The molecule has 0 atom stereocenters. The number of aromatic nitrogens is 4. The minimum Gasteiger partial charge on any atom is -0.337 e. The molecule has 6 nitrogen and oxygen atoms in total. The smallest absolute Gasteiger partial charge is 0.273 e. The lowest BCUT2D eigenvalue weighted by Crippen LogP contribution is -2.38. The fourth-order valence-corrected chi connectivity index (χ4v) is 4.00. The van der Waals surface area contributed by atoms with Crippen molar-refractivity contribution in [2.75, 3.05) is 13.1 Å². The van der Waals surface area contributed by atoms with Crippen molar-refractivity contribution < 1.29 is 4.79 Å². The van der Waals surface area contributed by atoms with Gasteiger partial charge in [0.25, 0.3) is 5.91 Å². The largest absolute Gasteiger partial charge is 0.337 e. The van der Waals surface area contributed by atoms with Crippen molar-refractivity contribution in [3.63, 3.8) is 0 Å². The molecule has 1 fully saturated rings. The molecule has 0 N–H and O–H groups in total. The summed E-state index contributed by atoms with van der Waals surface area (Å²) in [7, 11) is 1.97. The van der Waals surface area contributed by atoms with Gasteiger partial charge in [0, 0.05) is 37.9 Å². The lowest BCUT2D eigenvalue weighted by molar-refractivity contribution is 0.0705.